The predicted octanol–water partition coefficient (Wildman–Crippen LogP) is 2.94. The summed E-state index contributed by atoms with van der Waals surface area (Å²) in [4.78, 5) is 0. The number of nitriles is 1. The quantitative estimate of drug-likeness (QED) is 0.863. The molecule has 0 N–H and O–H groups in total. The Balaban J connectivity index is 2.20. The summed E-state index contributed by atoms with van der Waals surface area (Å²) in [5.41, 5.74) is 1.39. The van der Waals surface area contributed by atoms with Gasteiger partial charge in [0.05, 0.1) is 33.4 Å². The van der Waals surface area contributed by atoms with Crippen LogP contribution >= 0.6 is 11.3 Å². The second-order valence-electron chi connectivity index (χ2n) is 3.57. The van der Waals surface area contributed by atoms with E-state index in [9.17, 15) is 4.21 Å². The molecule has 0 spiro atoms. The van der Waals surface area contributed by atoms with E-state index in [4.69, 9.17) is 10.00 Å². The Bertz CT molecular complexity index is 600. The zero-order chi connectivity index (χ0) is 13.0. The third-order valence-corrected chi connectivity index (χ3v) is 5.09. The molecule has 0 aliphatic heterocycles. The van der Waals surface area contributed by atoms with E-state index in [1.165, 1.54) is 18.4 Å². The van der Waals surface area contributed by atoms with E-state index < -0.39 is 10.8 Å². The average molecular weight is 277 g/mol. The van der Waals surface area contributed by atoms with Gasteiger partial charge in [0.1, 0.15) is 11.8 Å². The minimum Gasteiger partial charge on any atom is -0.495 e. The maximum absolute atomic E-state index is 12.0. The van der Waals surface area contributed by atoms with Crippen LogP contribution in [0.4, 0.5) is 0 Å². The maximum Gasteiger partial charge on any atom is 0.136 e. The largest absolute Gasteiger partial charge is 0.495 e. The van der Waals surface area contributed by atoms with Crippen molar-refractivity contribution in [1.29, 1.82) is 5.26 Å². The highest BCUT2D eigenvalue weighted by molar-refractivity contribution is 7.86. The van der Waals surface area contributed by atoms with Crippen LogP contribution in [0, 0.1) is 11.3 Å². The summed E-state index contributed by atoms with van der Waals surface area (Å²) >= 11 is 1.48. The van der Waals surface area contributed by atoms with Crippen molar-refractivity contribution in [3.63, 3.8) is 0 Å². The second kappa shape index (κ2) is 5.80. The van der Waals surface area contributed by atoms with Gasteiger partial charge in [0.15, 0.2) is 0 Å². The highest BCUT2D eigenvalue weighted by Crippen LogP contribution is 2.22. The Labute approximate surface area is 112 Å². The van der Waals surface area contributed by atoms with Crippen LogP contribution in [0.5, 0.6) is 5.75 Å². The van der Waals surface area contributed by atoms with Gasteiger partial charge in [-0.15, -0.1) is 11.3 Å². The fourth-order valence-electron chi connectivity index (χ4n) is 1.53. The van der Waals surface area contributed by atoms with E-state index in [1.54, 1.807) is 12.1 Å². The maximum atomic E-state index is 12.0. The fraction of sp³-hybridized carbons (Fsp3) is 0.154. The first-order valence-corrected chi connectivity index (χ1v) is 7.43. The van der Waals surface area contributed by atoms with Crippen molar-refractivity contribution >= 4 is 22.1 Å². The first kappa shape index (κ1) is 12.8. The highest BCUT2D eigenvalue weighted by Gasteiger charge is 2.09. The van der Waals surface area contributed by atoms with Gasteiger partial charge in [0.25, 0.3) is 0 Å². The lowest BCUT2D eigenvalue weighted by atomic mass is 10.1. The van der Waals surface area contributed by atoms with Crippen LogP contribution in [-0.2, 0) is 16.6 Å². The molecule has 1 atom stereocenters. The monoisotopic (exact) mass is 277 g/mol. The van der Waals surface area contributed by atoms with E-state index in [1.807, 2.05) is 23.6 Å². The Hall–Kier alpha value is -1.64. The molecular formula is C13H11NO2S2. The number of rotatable bonds is 4. The fourth-order valence-corrected chi connectivity index (χ4v) is 3.61. The van der Waals surface area contributed by atoms with Gasteiger partial charge in [0, 0.05) is 0 Å². The minimum absolute atomic E-state index is 0.433. The topological polar surface area (TPSA) is 50.1 Å². The molecule has 1 aromatic carbocycles. The third kappa shape index (κ3) is 2.78. The number of benzene rings is 1. The van der Waals surface area contributed by atoms with E-state index >= 15 is 0 Å². The van der Waals surface area contributed by atoms with Crippen molar-refractivity contribution in [1.82, 2.24) is 0 Å². The molecule has 18 heavy (non-hydrogen) atoms. The molecule has 0 radical (unpaired) electrons. The lowest BCUT2D eigenvalue weighted by Crippen LogP contribution is -1.96. The molecule has 1 heterocycles. The number of hydrogen-bond acceptors (Lipinski definition) is 4. The Morgan fingerprint density at radius 1 is 1.44 bits per heavy atom. The number of thiophene rings is 1. The first-order valence-electron chi connectivity index (χ1n) is 5.23. The van der Waals surface area contributed by atoms with E-state index in [-0.39, 0.29) is 0 Å². The normalized spacial score (nSPS) is 11.8. The summed E-state index contributed by atoms with van der Waals surface area (Å²) in [6.07, 6.45) is 0. The number of ether oxygens (including phenoxy) is 1. The first-order chi connectivity index (χ1) is 8.74. The zero-order valence-electron chi connectivity index (χ0n) is 9.75. The summed E-state index contributed by atoms with van der Waals surface area (Å²) in [6.45, 7) is 0. The zero-order valence-corrected chi connectivity index (χ0v) is 11.4. The van der Waals surface area contributed by atoms with Gasteiger partial charge in [-0.2, -0.15) is 5.26 Å². The van der Waals surface area contributed by atoms with Crippen molar-refractivity contribution in [3.8, 4) is 11.8 Å². The Morgan fingerprint density at radius 2 is 2.28 bits per heavy atom. The van der Waals surface area contributed by atoms with Gasteiger partial charge in [-0.1, -0.05) is 12.1 Å². The SMILES string of the molecule is COc1cc(CS(=O)c2cccs2)ccc1C#N. The van der Waals surface area contributed by atoms with Crippen LogP contribution < -0.4 is 4.74 Å². The standard InChI is InChI=1S/C13H11NO2S2/c1-16-12-7-10(4-5-11(12)8-14)9-18(15)13-3-2-6-17-13/h2-7H,9H2,1H3. The number of methoxy groups -OCH3 is 1. The Kier molecular flexibility index (Phi) is 4.13. The summed E-state index contributed by atoms with van der Waals surface area (Å²) < 4.78 is 18.0. The molecular weight excluding hydrogens is 266 g/mol. The lowest BCUT2D eigenvalue weighted by molar-refractivity contribution is 0.413. The molecule has 0 aliphatic carbocycles. The van der Waals surface area contributed by atoms with Crippen LogP contribution in [-0.4, -0.2) is 11.3 Å². The average Bonchev–Trinajstić information content (AvgIpc) is 2.92. The molecule has 2 rings (SSSR count). The van der Waals surface area contributed by atoms with Crippen molar-refractivity contribution in [3.05, 3.63) is 46.8 Å². The van der Waals surface area contributed by atoms with Crippen LogP contribution in [0.3, 0.4) is 0 Å². The van der Waals surface area contributed by atoms with Crippen molar-refractivity contribution in [2.45, 2.75) is 9.96 Å². The van der Waals surface area contributed by atoms with Crippen molar-refractivity contribution in [2.75, 3.05) is 7.11 Å². The smallest absolute Gasteiger partial charge is 0.136 e. The summed E-state index contributed by atoms with van der Waals surface area (Å²) in [6, 6.07) is 11.1. The molecule has 0 fully saturated rings. The summed E-state index contributed by atoms with van der Waals surface area (Å²) in [7, 11) is 0.482. The molecule has 0 aliphatic rings. The van der Waals surface area contributed by atoms with Gasteiger partial charge in [-0.05, 0) is 29.1 Å². The van der Waals surface area contributed by atoms with Crippen LogP contribution in [0.2, 0.25) is 0 Å². The molecule has 1 unspecified atom stereocenters. The molecule has 0 amide bonds. The van der Waals surface area contributed by atoms with Crippen molar-refractivity contribution < 1.29 is 8.95 Å². The number of nitrogens with zero attached hydrogens (tertiary/aromatic N) is 1. The summed E-state index contributed by atoms with van der Waals surface area (Å²) in [5, 5.41) is 10.8. The number of hydrogen-bond donors (Lipinski definition) is 0. The molecule has 0 saturated heterocycles. The second-order valence-corrected chi connectivity index (χ2v) is 6.19. The molecule has 3 nitrogen and oxygen atoms in total. The third-order valence-electron chi connectivity index (χ3n) is 2.40. The van der Waals surface area contributed by atoms with Gasteiger partial charge >= 0.3 is 0 Å². The summed E-state index contributed by atoms with van der Waals surface area (Å²) in [5.74, 6) is 0.959. The van der Waals surface area contributed by atoms with Gasteiger partial charge in [0.2, 0.25) is 0 Å². The molecule has 1 aromatic heterocycles. The van der Waals surface area contributed by atoms with E-state index in [0.717, 1.165) is 9.77 Å². The van der Waals surface area contributed by atoms with Gasteiger partial charge in [-0.3, -0.25) is 4.21 Å². The minimum atomic E-state index is -1.04. The van der Waals surface area contributed by atoms with Crippen molar-refractivity contribution in [2.24, 2.45) is 0 Å². The molecule has 92 valence electrons. The van der Waals surface area contributed by atoms with Crippen LogP contribution in [0.25, 0.3) is 0 Å². The lowest BCUT2D eigenvalue weighted by Gasteiger charge is -2.05. The van der Waals surface area contributed by atoms with E-state index in [0.29, 0.717) is 17.1 Å². The van der Waals surface area contributed by atoms with Gasteiger partial charge < -0.3 is 4.74 Å². The highest BCUT2D eigenvalue weighted by atomic mass is 32.2. The molecule has 0 saturated carbocycles. The Morgan fingerprint density at radius 3 is 2.89 bits per heavy atom. The predicted molar refractivity (Wildman–Crippen MR) is 72.1 cm³/mol. The molecule has 0 bridgehead atoms. The molecule has 2 aromatic rings. The van der Waals surface area contributed by atoms with Crippen LogP contribution in [0.15, 0.2) is 39.9 Å². The molecule has 5 heteroatoms. The van der Waals surface area contributed by atoms with E-state index in [2.05, 4.69) is 6.07 Å². The van der Waals surface area contributed by atoms with Gasteiger partial charge in [-0.25, -0.2) is 0 Å². The van der Waals surface area contributed by atoms with Crippen LogP contribution in [0.1, 0.15) is 11.1 Å².